The van der Waals surface area contributed by atoms with Gasteiger partial charge in [0.15, 0.2) is 0 Å². The lowest BCUT2D eigenvalue weighted by molar-refractivity contribution is 0.0648. The third-order valence-electron chi connectivity index (χ3n) is 4.91. The monoisotopic (exact) mass is 411 g/mol. The Morgan fingerprint density at radius 1 is 1.41 bits per heavy atom. The smallest absolute Gasteiger partial charge is 0.293 e. The summed E-state index contributed by atoms with van der Waals surface area (Å²) >= 11 is 6.32. The fourth-order valence-corrected chi connectivity index (χ4v) is 3.62. The van der Waals surface area contributed by atoms with Gasteiger partial charge in [0, 0.05) is 25.6 Å². The average Bonchev–Trinajstić information content (AvgIpc) is 3.05. The van der Waals surface area contributed by atoms with Gasteiger partial charge in [-0.25, -0.2) is 9.67 Å². The minimum Gasteiger partial charge on any atom is -0.336 e. The van der Waals surface area contributed by atoms with E-state index in [1.54, 1.807) is 4.68 Å². The van der Waals surface area contributed by atoms with E-state index in [2.05, 4.69) is 17.0 Å². The lowest BCUT2D eigenvalue weighted by Crippen LogP contribution is -2.45. The van der Waals surface area contributed by atoms with E-state index < -0.39 is 0 Å². The Hall–Kier alpha value is -1.63. The van der Waals surface area contributed by atoms with Gasteiger partial charge in [0.2, 0.25) is 5.82 Å². The molecule has 0 saturated carbocycles. The third kappa shape index (κ3) is 4.81. The zero-order chi connectivity index (χ0) is 18.7. The van der Waals surface area contributed by atoms with Gasteiger partial charge in [-0.3, -0.25) is 4.79 Å². The summed E-state index contributed by atoms with van der Waals surface area (Å²) < 4.78 is 1.70. The van der Waals surface area contributed by atoms with Gasteiger partial charge < -0.3 is 10.6 Å². The lowest BCUT2D eigenvalue weighted by Gasteiger charge is -2.33. The molecular weight excluding hydrogens is 385 g/mol. The Kier molecular flexibility index (Phi) is 7.65. The molecule has 1 fully saturated rings. The van der Waals surface area contributed by atoms with Crippen molar-refractivity contribution in [3.8, 4) is 5.69 Å². The maximum atomic E-state index is 13.0. The number of piperidine rings is 1. The molecule has 2 aromatic rings. The molecule has 1 amide bonds. The van der Waals surface area contributed by atoms with Gasteiger partial charge in [-0.1, -0.05) is 30.7 Å². The standard InChI is InChI=1S/C19H26ClN5O.ClH/c1-3-7-17-22-18(23-25(17)16-10-5-4-9-15(16)20)19(26)24-11-6-8-14(12-24)13(2)21;/h4-5,9-10,13-14H,3,6-8,11-12,21H2,1-2H3;1H. The number of nitrogens with two attached hydrogens (primary N) is 1. The van der Waals surface area contributed by atoms with Crippen LogP contribution in [0, 0.1) is 5.92 Å². The number of likely N-dealkylation sites (tertiary alicyclic amines) is 1. The molecular formula is C19H27Cl2N5O. The van der Waals surface area contributed by atoms with Crippen LogP contribution in [0.25, 0.3) is 5.69 Å². The van der Waals surface area contributed by atoms with E-state index in [1.807, 2.05) is 36.1 Å². The van der Waals surface area contributed by atoms with E-state index in [0.29, 0.717) is 17.5 Å². The second kappa shape index (κ2) is 9.53. The topological polar surface area (TPSA) is 77.0 Å². The first-order valence-electron chi connectivity index (χ1n) is 9.27. The minimum atomic E-state index is -0.126. The number of aromatic nitrogens is 3. The maximum Gasteiger partial charge on any atom is 0.293 e. The number of carbonyl (C=O) groups excluding carboxylic acids is 1. The Morgan fingerprint density at radius 2 is 2.15 bits per heavy atom. The van der Waals surface area contributed by atoms with Crippen molar-refractivity contribution in [3.05, 3.63) is 40.9 Å². The second-order valence-corrected chi connectivity index (χ2v) is 7.38. The SMILES string of the molecule is CCCc1nc(C(=O)N2CCCC(C(C)N)C2)nn1-c1ccccc1Cl.Cl. The van der Waals surface area contributed by atoms with E-state index in [9.17, 15) is 4.79 Å². The highest BCUT2D eigenvalue weighted by atomic mass is 35.5. The molecule has 1 aliphatic rings. The van der Waals surface area contributed by atoms with Crippen molar-refractivity contribution < 1.29 is 4.79 Å². The quantitative estimate of drug-likeness (QED) is 0.816. The highest BCUT2D eigenvalue weighted by molar-refractivity contribution is 6.32. The number of aryl methyl sites for hydroxylation is 1. The predicted molar refractivity (Wildman–Crippen MR) is 110 cm³/mol. The fourth-order valence-electron chi connectivity index (χ4n) is 3.40. The summed E-state index contributed by atoms with van der Waals surface area (Å²) in [6, 6.07) is 7.55. The molecule has 0 radical (unpaired) electrons. The molecule has 3 rings (SSSR count). The van der Waals surface area contributed by atoms with Crippen molar-refractivity contribution in [1.29, 1.82) is 0 Å². The van der Waals surface area contributed by atoms with Gasteiger partial charge in [-0.2, -0.15) is 0 Å². The summed E-state index contributed by atoms with van der Waals surface area (Å²) in [5.74, 6) is 1.19. The molecule has 2 heterocycles. The summed E-state index contributed by atoms with van der Waals surface area (Å²) in [7, 11) is 0. The van der Waals surface area contributed by atoms with Gasteiger partial charge >= 0.3 is 0 Å². The largest absolute Gasteiger partial charge is 0.336 e. The molecule has 8 heteroatoms. The number of amides is 1. The first-order valence-corrected chi connectivity index (χ1v) is 9.64. The van der Waals surface area contributed by atoms with Crippen molar-refractivity contribution in [3.63, 3.8) is 0 Å². The normalized spacial score (nSPS) is 18.1. The highest BCUT2D eigenvalue weighted by Gasteiger charge is 2.29. The zero-order valence-electron chi connectivity index (χ0n) is 15.8. The molecule has 6 nitrogen and oxygen atoms in total. The molecule has 1 aliphatic heterocycles. The molecule has 148 valence electrons. The van der Waals surface area contributed by atoms with E-state index in [1.165, 1.54) is 0 Å². The van der Waals surface area contributed by atoms with Crippen LogP contribution in [0.1, 0.15) is 49.6 Å². The number of hydrogen-bond donors (Lipinski definition) is 1. The number of hydrogen-bond acceptors (Lipinski definition) is 4. The molecule has 0 bridgehead atoms. The Labute approximate surface area is 171 Å². The molecule has 2 N–H and O–H groups in total. The summed E-state index contributed by atoms with van der Waals surface area (Å²) in [5, 5.41) is 5.09. The zero-order valence-corrected chi connectivity index (χ0v) is 17.3. The summed E-state index contributed by atoms with van der Waals surface area (Å²) in [4.78, 5) is 19.3. The highest BCUT2D eigenvalue weighted by Crippen LogP contribution is 2.23. The summed E-state index contributed by atoms with van der Waals surface area (Å²) in [6.45, 7) is 5.47. The van der Waals surface area contributed by atoms with Crippen LogP contribution in [0.2, 0.25) is 5.02 Å². The molecule has 2 atom stereocenters. The molecule has 1 saturated heterocycles. The van der Waals surface area contributed by atoms with Crippen molar-refractivity contribution >= 4 is 29.9 Å². The maximum absolute atomic E-state index is 13.0. The molecule has 0 aliphatic carbocycles. The number of nitrogens with zero attached hydrogens (tertiary/aromatic N) is 4. The van der Waals surface area contributed by atoms with Crippen LogP contribution in [-0.2, 0) is 6.42 Å². The predicted octanol–water partition coefficient (Wildman–Crippen LogP) is 3.49. The number of para-hydroxylation sites is 1. The lowest BCUT2D eigenvalue weighted by atomic mass is 9.92. The molecule has 1 aromatic carbocycles. The van der Waals surface area contributed by atoms with Crippen molar-refractivity contribution in [2.75, 3.05) is 13.1 Å². The molecule has 2 unspecified atom stereocenters. The Morgan fingerprint density at radius 3 is 2.81 bits per heavy atom. The van der Waals surface area contributed by atoms with Crippen LogP contribution >= 0.6 is 24.0 Å². The summed E-state index contributed by atoms with van der Waals surface area (Å²) in [5.41, 5.74) is 6.79. The Bertz CT molecular complexity index is 777. The van der Waals surface area contributed by atoms with Crippen LogP contribution in [-0.4, -0.2) is 44.7 Å². The van der Waals surface area contributed by atoms with Crippen molar-refractivity contribution in [2.45, 2.75) is 45.6 Å². The third-order valence-corrected chi connectivity index (χ3v) is 5.23. The van der Waals surface area contributed by atoms with Gasteiger partial charge in [-0.15, -0.1) is 17.5 Å². The molecule has 0 spiro atoms. The van der Waals surface area contributed by atoms with Gasteiger partial charge in [-0.05, 0) is 44.2 Å². The Balaban J connectivity index is 0.00000261. The van der Waals surface area contributed by atoms with Crippen molar-refractivity contribution in [1.82, 2.24) is 19.7 Å². The van der Waals surface area contributed by atoms with Gasteiger partial charge in [0.25, 0.3) is 5.91 Å². The number of carbonyl (C=O) groups is 1. The van der Waals surface area contributed by atoms with Gasteiger partial charge in [0.1, 0.15) is 5.82 Å². The second-order valence-electron chi connectivity index (χ2n) is 6.98. The van der Waals surface area contributed by atoms with E-state index >= 15 is 0 Å². The van der Waals surface area contributed by atoms with Gasteiger partial charge in [0.05, 0.1) is 10.7 Å². The van der Waals surface area contributed by atoms with Crippen LogP contribution in [0.5, 0.6) is 0 Å². The number of rotatable bonds is 5. The number of halogens is 2. The first kappa shape index (κ1) is 21.7. The number of benzene rings is 1. The van der Waals surface area contributed by atoms with Crippen LogP contribution < -0.4 is 5.73 Å². The van der Waals surface area contributed by atoms with Crippen LogP contribution in [0.4, 0.5) is 0 Å². The summed E-state index contributed by atoms with van der Waals surface area (Å²) in [6.07, 6.45) is 3.66. The van der Waals surface area contributed by atoms with E-state index in [4.69, 9.17) is 17.3 Å². The first-order chi connectivity index (χ1) is 12.5. The molecule has 1 aromatic heterocycles. The minimum absolute atomic E-state index is 0. The van der Waals surface area contributed by atoms with E-state index in [0.717, 1.165) is 43.7 Å². The fraction of sp³-hybridized carbons (Fsp3) is 0.526. The average molecular weight is 412 g/mol. The van der Waals surface area contributed by atoms with Crippen LogP contribution in [0.15, 0.2) is 24.3 Å². The van der Waals surface area contributed by atoms with Crippen molar-refractivity contribution in [2.24, 2.45) is 11.7 Å². The molecule has 27 heavy (non-hydrogen) atoms. The van der Waals surface area contributed by atoms with Crippen LogP contribution in [0.3, 0.4) is 0 Å². The van der Waals surface area contributed by atoms with E-state index in [-0.39, 0.29) is 30.2 Å².